The van der Waals surface area contributed by atoms with Gasteiger partial charge in [-0.05, 0) is 17.7 Å². The molecule has 1 unspecified atom stereocenters. The van der Waals surface area contributed by atoms with Crippen LogP contribution in [-0.4, -0.2) is 41.1 Å². The first-order valence-corrected chi connectivity index (χ1v) is 7.38. The third-order valence-electron chi connectivity index (χ3n) is 3.54. The molecular weight excluding hydrogens is 327 g/mol. The molecule has 0 amide bonds. The number of hydrogen-bond acceptors (Lipinski definition) is 6. The summed E-state index contributed by atoms with van der Waals surface area (Å²) in [7, 11) is 0. The van der Waals surface area contributed by atoms with Gasteiger partial charge >= 0.3 is 6.36 Å². The monoisotopic (exact) mass is 343 g/mol. The lowest BCUT2D eigenvalue weighted by atomic mass is 10.1. The second-order valence-corrected chi connectivity index (χ2v) is 5.46. The molecule has 9 heteroatoms. The second kappa shape index (κ2) is 6.78. The highest BCUT2D eigenvalue weighted by molar-refractivity contribution is 5.27. The summed E-state index contributed by atoms with van der Waals surface area (Å²) in [5.41, 5.74) is 0.884. The van der Waals surface area contributed by atoms with Crippen molar-refractivity contribution in [3.8, 4) is 5.75 Å². The van der Waals surface area contributed by atoms with Gasteiger partial charge in [-0.2, -0.15) is 4.98 Å². The average Bonchev–Trinajstić information content (AvgIpc) is 2.95. The Morgan fingerprint density at radius 1 is 1.29 bits per heavy atom. The smallest absolute Gasteiger partial charge is 0.406 e. The molecule has 24 heavy (non-hydrogen) atoms. The SMILES string of the molecule is Cc1nc(C2CN(Cc3ccc(OC(F)(F)F)cc3)CCO2)no1. The molecule has 1 aliphatic rings. The van der Waals surface area contributed by atoms with E-state index in [4.69, 9.17) is 9.26 Å². The molecule has 2 aromatic rings. The highest BCUT2D eigenvalue weighted by Crippen LogP contribution is 2.24. The van der Waals surface area contributed by atoms with Gasteiger partial charge < -0.3 is 14.0 Å². The maximum Gasteiger partial charge on any atom is 0.573 e. The Bertz CT molecular complexity index is 673. The van der Waals surface area contributed by atoms with E-state index >= 15 is 0 Å². The summed E-state index contributed by atoms with van der Waals surface area (Å²) in [5, 5.41) is 3.87. The number of halogens is 3. The van der Waals surface area contributed by atoms with Crippen LogP contribution >= 0.6 is 0 Å². The Labute approximate surface area is 136 Å². The van der Waals surface area contributed by atoms with Crippen molar-refractivity contribution < 1.29 is 27.2 Å². The standard InChI is InChI=1S/C15H16F3N3O3/c1-10-19-14(20-24-10)13-9-21(6-7-22-13)8-11-2-4-12(5-3-11)23-15(16,17)18/h2-5,13H,6-9H2,1H3. The van der Waals surface area contributed by atoms with E-state index in [0.717, 1.165) is 5.56 Å². The zero-order chi connectivity index (χ0) is 17.2. The van der Waals surface area contributed by atoms with Gasteiger partial charge in [-0.25, -0.2) is 0 Å². The molecule has 1 aliphatic heterocycles. The average molecular weight is 343 g/mol. The molecule has 0 aliphatic carbocycles. The van der Waals surface area contributed by atoms with Crippen LogP contribution in [0.1, 0.15) is 23.4 Å². The number of morpholine rings is 1. The van der Waals surface area contributed by atoms with Gasteiger partial charge in [0.1, 0.15) is 11.9 Å². The van der Waals surface area contributed by atoms with Crippen molar-refractivity contribution in [3.63, 3.8) is 0 Å². The predicted molar refractivity (Wildman–Crippen MR) is 76.1 cm³/mol. The number of ether oxygens (including phenoxy) is 2. The molecule has 130 valence electrons. The topological polar surface area (TPSA) is 60.6 Å². The summed E-state index contributed by atoms with van der Waals surface area (Å²) in [6.07, 6.45) is -4.95. The first-order chi connectivity index (χ1) is 11.4. The Hall–Kier alpha value is -2.13. The molecule has 0 saturated carbocycles. The first kappa shape index (κ1) is 16.7. The molecule has 1 saturated heterocycles. The van der Waals surface area contributed by atoms with Crippen molar-refractivity contribution >= 4 is 0 Å². The van der Waals surface area contributed by atoms with Crippen molar-refractivity contribution in [2.75, 3.05) is 19.7 Å². The van der Waals surface area contributed by atoms with E-state index in [2.05, 4.69) is 19.8 Å². The second-order valence-electron chi connectivity index (χ2n) is 5.46. The minimum Gasteiger partial charge on any atom is -0.406 e. The maximum atomic E-state index is 12.2. The van der Waals surface area contributed by atoms with Gasteiger partial charge in [0.25, 0.3) is 0 Å². The number of rotatable bonds is 4. The molecular formula is C15H16F3N3O3. The summed E-state index contributed by atoms with van der Waals surface area (Å²) in [6, 6.07) is 5.85. The molecule has 0 N–H and O–H groups in total. The lowest BCUT2D eigenvalue weighted by molar-refractivity contribution is -0.274. The van der Waals surface area contributed by atoms with Gasteiger partial charge in [-0.15, -0.1) is 13.2 Å². The third kappa shape index (κ3) is 4.45. The minimum absolute atomic E-state index is 0.228. The van der Waals surface area contributed by atoms with E-state index in [1.54, 1.807) is 19.1 Å². The molecule has 0 spiro atoms. The molecule has 0 bridgehead atoms. The number of benzene rings is 1. The van der Waals surface area contributed by atoms with Crippen LogP contribution in [0.25, 0.3) is 0 Å². The fourth-order valence-electron chi connectivity index (χ4n) is 2.50. The van der Waals surface area contributed by atoms with E-state index in [-0.39, 0.29) is 11.9 Å². The first-order valence-electron chi connectivity index (χ1n) is 7.38. The Balaban J connectivity index is 1.59. The molecule has 2 heterocycles. The number of alkyl halides is 3. The van der Waals surface area contributed by atoms with Gasteiger partial charge in [0.05, 0.1) is 6.61 Å². The number of nitrogens with zero attached hydrogens (tertiary/aromatic N) is 3. The molecule has 0 radical (unpaired) electrons. The molecule has 1 atom stereocenters. The highest BCUT2D eigenvalue weighted by Gasteiger charge is 2.31. The van der Waals surface area contributed by atoms with Gasteiger partial charge in [0.15, 0.2) is 0 Å². The summed E-state index contributed by atoms with van der Waals surface area (Å²) in [5.74, 6) is 0.755. The van der Waals surface area contributed by atoms with E-state index in [0.29, 0.717) is 38.0 Å². The van der Waals surface area contributed by atoms with Gasteiger partial charge in [-0.1, -0.05) is 17.3 Å². The summed E-state index contributed by atoms with van der Waals surface area (Å²) >= 11 is 0. The zero-order valence-electron chi connectivity index (χ0n) is 12.9. The molecule has 1 aromatic heterocycles. The fraction of sp³-hybridized carbons (Fsp3) is 0.467. The van der Waals surface area contributed by atoms with Crippen molar-refractivity contribution in [2.24, 2.45) is 0 Å². The van der Waals surface area contributed by atoms with E-state index in [1.165, 1.54) is 12.1 Å². The summed E-state index contributed by atoms with van der Waals surface area (Å²) in [4.78, 5) is 6.29. The zero-order valence-corrected chi connectivity index (χ0v) is 12.9. The number of aromatic nitrogens is 2. The van der Waals surface area contributed by atoms with Crippen LogP contribution in [0.5, 0.6) is 5.75 Å². The van der Waals surface area contributed by atoms with Crippen LogP contribution in [-0.2, 0) is 11.3 Å². The third-order valence-corrected chi connectivity index (χ3v) is 3.54. The van der Waals surface area contributed by atoms with Gasteiger partial charge in [0.2, 0.25) is 11.7 Å². The minimum atomic E-state index is -4.68. The quantitative estimate of drug-likeness (QED) is 0.851. The Morgan fingerprint density at radius 3 is 2.67 bits per heavy atom. The number of hydrogen-bond donors (Lipinski definition) is 0. The van der Waals surface area contributed by atoms with E-state index in [9.17, 15) is 13.2 Å². The van der Waals surface area contributed by atoms with Crippen LogP contribution in [0.4, 0.5) is 13.2 Å². The maximum absolute atomic E-state index is 12.2. The molecule has 1 aromatic carbocycles. The van der Waals surface area contributed by atoms with Gasteiger partial charge in [-0.3, -0.25) is 4.90 Å². The molecule has 1 fully saturated rings. The Kier molecular flexibility index (Phi) is 4.72. The summed E-state index contributed by atoms with van der Waals surface area (Å²) < 4.78 is 50.9. The van der Waals surface area contributed by atoms with Crippen LogP contribution in [0, 0.1) is 6.92 Å². The summed E-state index contributed by atoms with van der Waals surface area (Å²) in [6.45, 7) is 4.12. The van der Waals surface area contributed by atoms with Crippen molar-refractivity contribution in [1.29, 1.82) is 0 Å². The lowest BCUT2D eigenvalue weighted by Gasteiger charge is -2.31. The predicted octanol–water partition coefficient (Wildman–Crippen LogP) is 2.85. The van der Waals surface area contributed by atoms with Crippen molar-refractivity contribution in [2.45, 2.75) is 25.9 Å². The van der Waals surface area contributed by atoms with Crippen LogP contribution in [0.15, 0.2) is 28.8 Å². The van der Waals surface area contributed by atoms with E-state index in [1.807, 2.05) is 0 Å². The van der Waals surface area contributed by atoms with Crippen LogP contribution in [0.3, 0.4) is 0 Å². The van der Waals surface area contributed by atoms with Crippen LogP contribution < -0.4 is 4.74 Å². The normalized spacial score (nSPS) is 19.4. The number of aryl methyl sites for hydroxylation is 1. The highest BCUT2D eigenvalue weighted by atomic mass is 19.4. The van der Waals surface area contributed by atoms with E-state index < -0.39 is 6.36 Å². The molecule has 6 nitrogen and oxygen atoms in total. The van der Waals surface area contributed by atoms with Crippen LogP contribution in [0.2, 0.25) is 0 Å². The largest absolute Gasteiger partial charge is 0.573 e. The fourth-order valence-corrected chi connectivity index (χ4v) is 2.50. The molecule has 3 rings (SSSR count). The lowest BCUT2D eigenvalue weighted by Crippen LogP contribution is -2.38. The van der Waals surface area contributed by atoms with Gasteiger partial charge in [0, 0.05) is 26.6 Å². The Morgan fingerprint density at radius 2 is 2.04 bits per heavy atom. The van der Waals surface area contributed by atoms with Crippen molar-refractivity contribution in [3.05, 3.63) is 41.5 Å². The van der Waals surface area contributed by atoms with Crippen molar-refractivity contribution in [1.82, 2.24) is 15.0 Å².